The number of fused-ring (bicyclic) bond motifs is 1. The third-order valence-electron chi connectivity index (χ3n) is 3.44. The molecule has 0 spiro atoms. The van der Waals surface area contributed by atoms with Gasteiger partial charge in [-0.25, -0.2) is 0 Å². The van der Waals surface area contributed by atoms with Gasteiger partial charge in [0.25, 0.3) is 0 Å². The van der Waals surface area contributed by atoms with Crippen LogP contribution in [0.1, 0.15) is 23.7 Å². The Bertz CT molecular complexity index is 594. The molecule has 3 heteroatoms. The molecule has 2 atom stereocenters. The molecule has 0 N–H and O–H groups in total. The molecule has 0 saturated carbocycles. The highest BCUT2D eigenvalue weighted by Crippen LogP contribution is 2.24. The Morgan fingerprint density at radius 3 is 3.00 bits per heavy atom. The molecule has 0 radical (unpaired) electrons. The fourth-order valence-corrected chi connectivity index (χ4v) is 2.44. The van der Waals surface area contributed by atoms with Crippen molar-refractivity contribution in [2.45, 2.75) is 19.4 Å². The van der Waals surface area contributed by atoms with Crippen molar-refractivity contribution in [3.05, 3.63) is 42.1 Å². The van der Waals surface area contributed by atoms with Crippen molar-refractivity contribution < 1.29 is 9.53 Å². The minimum atomic E-state index is -0.0111. The van der Waals surface area contributed by atoms with Gasteiger partial charge in [0.1, 0.15) is 0 Å². The smallest absolute Gasteiger partial charge is 0.169 e. The Balaban J connectivity index is 1.92. The third kappa shape index (κ3) is 2.02. The first-order valence-corrected chi connectivity index (χ1v) is 6.24. The van der Waals surface area contributed by atoms with Crippen LogP contribution in [0.15, 0.2) is 36.5 Å². The molecular weight excluding hydrogens is 226 g/mol. The predicted molar refractivity (Wildman–Crippen MR) is 69.6 cm³/mol. The van der Waals surface area contributed by atoms with Crippen LogP contribution >= 0.6 is 0 Å². The van der Waals surface area contributed by atoms with Crippen molar-refractivity contribution in [3.8, 4) is 0 Å². The van der Waals surface area contributed by atoms with Crippen molar-refractivity contribution >= 4 is 16.7 Å². The normalized spacial score (nSPS) is 23.4. The van der Waals surface area contributed by atoms with Crippen LogP contribution in [0, 0.1) is 5.92 Å². The number of Topliss-reactive ketones (excluding diaryl/α,β-unsaturated/α-hetero) is 1. The number of benzene rings is 1. The number of nitrogens with zero attached hydrogens (tertiary/aromatic N) is 1. The summed E-state index contributed by atoms with van der Waals surface area (Å²) in [6, 6.07) is 9.76. The lowest BCUT2D eigenvalue weighted by atomic mass is 9.96. The molecule has 2 aromatic rings. The first-order chi connectivity index (χ1) is 8.74. The molecular formula is C15H15NO2. The van der Waals surface area contributed by atoms with Crippen LogP contribution in [0.2, 0.25) is 0 Å². The Kier molecular flexibility index (Phi) is 2.84. The molecule has 1 saturated heterocycles. The molecule has 1 aliphatic heterocycles. The summed E-state index contributed by atoms with van der Waals surface area (Å²) in [5.74, 6) is 0.139. The van der Waals surface area contributed by atoms with E-state index in [4.69, 9.17) is 4.74 Å². The number of aromatic nitrogens is 1. The highest BCUT2D eigenvalue weighted by atomic mass is 16.5. The maximum Gasteiger partial charge on any atom is 0.169 e. The van der Waals surface area contributed by atoms with Crippen LogP contribution in [-0.4, -0.2) is 23.5 Å². The SMILES string of the molecule is CC1CC(C(=O)c2cnc3ccccc3c2)CO1. The fraction of sp³-hybridized carbons (Fsp3) is 0.333. The van der Waals surface area contributed by atoms with E-state index in [1.54, 1.807) is 6.20 Å². The second kappa shape index (κ2) is 4.50. The molecule has 3 rings (SSSR count). The van der Waals surface area contributed by atoms with Crippen LogP contribution < -0.4 is 0 Å². The fourth-order valence-electron chi connectivity index (χ4n) is 2.44. The second-order valence-corrected chi connectivity index (χ2v) is 4.86. The average Bonchev–Trinajstić information content (AvgIpc) is 2.84. The van der Waals surface area contributed by atoms with Gasteiger partial charge in [-0.05, 0) is 25.5 Å². The lowest BCUT2D eigenvalue weighted by Gasteiger charge is -2.07. The molecule has 0 bridgehead atoms. The van der Waals surface area contributed by atoms with E-state index >= 15 is 0 Å². The molecule has 2 heterocycles. The van der Waals surface area contributed by atoms with Crippen molar-refractivity contribution in [2.75, 3.05) is 6.61 Å². The number of carbonyl (C=O) groups is 1. The first kappa shape index (κ1) is 11.4. The summed E-state index contributed by atoms with van der Waals surface area (Å²) in [5.41, 5.74) is 1.61. The van der Waals surface area contributed by atoms with E-state index in [2.05, 4.69) is 4.98 Å². The maximum atomic E-state index is 12.3. The van der Waals surface area contributed by atoms with Crippen molar-refractivity contribution in [1.82, 2.24) is 4.98 Å². The molecule has 1 aromatic heterocycles. The number of rotatable bonds is 2. The standard InChI is InChI=1S/C15H15NO2/c1-10-6-13(9-18-10)15(17)12-7-11-4-2-3-5-14(11)16-8-12/h2-5,7-8,10,13H,6,9H2,1H3. The van der Waals surface area contributed by atoms with Gasteiger partial charge >= 0.3 is 0 Å². The Labute approximate surface area is 106 Å². The van der Waals surface area contributed by atoms with E-state index < -0.39 is 0 Å². The zero-order valence-corrected chi connectivity index (χ0v) is 10.3. The third-order valence-corrected chi connectivity index (χ3v) is 3.44. The first-order valence-electron chi connectivity index (χ1n) is 6.24. The number of carbonyl (C=O) groups excluding carboxylic acids is 1. The van der Waals surface area contributed by atoms with Gasteiger partial charge in [-0.2, -0.15) is 0 Å². The van der Waals surface area contributed by atoms with Crippen LogP contribution in [-0.2, 0) is 4.74 Å². The Morgan fingerprint density at radius 1 is 1.39 bits per heavy atom. The molecule has 0 aliphatic carbocycles. The monoisotopic (exact) mass is 241 g/mol. The van der Waals surface area contributed by atoms with Gasteiger partial charge in [0.05, 0.1) is 18.2 Å². The minimum absolute atomic E-state index is 0.0111. The number of ketones is 1. The minimum Gasteiger partial charge on any atom is -0.378 e. The lowest BCUT2D eigenvalue weighted by Crippen LogP contribution is -2.15. The Morgan fingerprint density at radius 2 is 2.22 bits per heavy atom. The molecule has 18 heavy (non-hydrogen) atoms. The van der Waals surface area contributed by atoms with E-state index in [0.29, 0.717) is 12.2 Å². The largest absolute Gasteiger partial charge is 0.378 e. The summed E-state index contributed by atoms with van der Waals surface area (Å²) in [4.78, 5) is 16.6. The number of hydrogen-bond acceptors (Lipinski definition) is 3. The topological polar surface area (TPSA) is 39.2 Å². The van der Waals surface area contributed by atoms with Gasteiger partial charge in [0, 0.05) is 23.1 Å². The molecule has 92 valence electrons. The lowest BCUT2D eigenvalue weighted by molar-refractivity contribution is 0.0877. The van der Waals surface area contributed by atoms with E-state index in [0.717, 1.165) is 17.3 Å². The van der Waals surface area contributed by atoms with Crippen LogP contribution in [0.4, 0.5) is 0 Å². The molecule has 2 unspecified atom stereocenters. The highest BCUT2D eigenvalue weighted by Gasteiger charge is 2.29. The molecule has 1 fully saturated rings. The maximum absolute atomic E-state index is 12.3. The zero-order valence-electron chi connectivity index (χ0n) is 10.3. The van der Waals surface area contributed by atoms with E-state index in [-0.39, 0.29) is 17.8 Å². The van der Waals surface area contributed by atoms with E-state index in [9.17, 15) is 4.79 Å². The number of para-hydroxylation sites is 1. The molecule has 1 aliphatic rings. The van der Waals surface area contributed by atoms with Crippen molar-refractivity contribution in [3.63, 3.8) is 0 Å². The van der Waals surface area contributed by atoms with Gasteiger partial charge in [-0.3, -0.25) is 9.78 Å². The summed E-state index contributed by atoms with van der Waals surface area (Å²) < 4.78 is 5.45. The van der Waals surface area contributed by atoms with Gasteiger partial charge < -0.3 is 4.74 Å². The summed E-state index contributed by atoms with van der Waals surface area (Å²) in [6.07, 6.45) is 2.67. The number of hydrogen-bond donors (Lipinski definition) is 0. The van der Waals surface area contributed by atoms with Crippen molar-refractivity contribution in [2.24, 2.45) is 5.92 Å². The quantitative estimate of drug-likeness (QED) is 0.759. The van der Waals surface area contributed by atoms with Crippen LogP contribution in [0.3, 0.4) is 0 Å². The van der Waals surface area contributed by atoms with Gasteiger partial charge in [0.15, 0.2) is 5.78 Å². The van der Waals surface area contributed by atoms with Crippen LogP contribution in [0.5, 0.6) is 0 Å². The Hall–Kier alpha value is -1.74. The highest BCUT2D eigenvalue weighted by molar-refractivity contribution is 6.00. The summed E-state index contributed by atoms with van der Waals surface area (Å²) in [6.45, 7) is 2.54. The predicted octanol–water partition coefficient (Wildman–Crippen LogP) is 2.84. The average molecular weight is 241 g/mol. The zero-order chi connectivity index (χ0) is 12.5. The summed E-state index contributed by atoms with van der Waals surface area (Å²) in [7, 11) is 0. The van der Waals surface area contributed by atoms with Gasteiger partial charge in [0.2, 0.25) is 0 Å². The van der Waals surface area contributed by atoms with Crippen LogP contribution in [0.25, 0.3) is 10.9 Å². The molecule has 3 nitrogen and oxygen atoms in total. The van der Waals surface area contributed by atoms with Gasteiger partial charge in [-0.1, -0.05) is 18.2 Å². The van der Waals surface area contributed by atoms with E-state index in [1.165, 1.54) is 0 Å². The number of pyridine rings is 1. The number of ether oxygens (including phenoxy) is 1. The summed E-state index contributed by atoms with van der Waals surface area (Å²) >= 11 is 0. The van der Waals surface area contributed by atoms with Gasteiger partial charge in [-0.15, -0.1) is 0 Å². The summed E-state index contributed by atoms with van der Waals surface area (Å²) in [5, 5.41) is 1.01. The molecule has 0 amide bonds. The van der Waals surface area contributed by atoms with E-state index in [1.807, 2.05) is 37.3 Å². The second-order valence-electron chi connectivity index (χ2n) is 4.86. The van der Waals surface area contributed by atoms with Crippen molar-refractivity contribution in [1.29, 1.82) is 0 Å². The molecule has 1 aromatic carbocycles.